The van der Waals surface area contributed by atoms with E-state index in [1.54, 1.807) is 0 Å². The summed E-state index contributed by atoms with van der Waals surface area (Å²) >= 11 is -4.85. The predicted octanol–water partition coefficient (Wildman–Crippen LogP) is -0.775. The Bertz CT molecular complexity index is 129. The molecule has 0 aromatic carbocycles. The summed E-state index contributed by atoms with van der Waals surface area (Å²) in [6.45, 7) is -0.418. The first-order valence-corrected chi connectivity index (χ1v) is 4.34. The van der Waals surface area contributed by atoms with Crippen molar-refractivity contribution < 1.29 is 30.9 Å². The average molecular weight is 206 g/mol. The molecule has 0 spiro atoms. The molecule has 0 saturated carbocycles. The van der Waals surface area contributed by atoms with Crippen LogP contribution in [0.4, 0.5) is 0 Å². The molecule has 68 valence electrons. The molecule has 0 aliphatic rings. The summed E-state index contributed by atoms with van der Waals surface area (Å²) in [7, 11) is 0. The van der Waals surface area contributed by atoms with Gasteiger partial charge in [0, 0.05) is 0 Å². The fraction of sp³-hybridized carbons (Fsp3) is 1.00. The summed E-state index contributed by atoms with van der Waals surface area (Å²) in [6.07, 6.45) is 0. The summed E-state index contributed by atoms with van der Waals surface area (Å²) in [4.78, 5) is 4.02. The third-order valence-corrected chi connectivity index (χ3v) is 1.04. The van der Waals surface area contributed by atoms with Crippen LogP contribution in [0.1, 0.15) is 0 Å². The van der Waals surface area contributed by atoms with Gasteiger partial charge in [0.15, 0.2) is 0 Å². The molecule has 2 unspecified atom stereocenters. The molecule has 0 radical (unpaired) electrons. The lowest BCUT2D eigenvalue weighted by Crippen LogP contribution is -2.07. The van der Waals surface area contributed by atoms with E-state index in [0.29, 0.717) is 0 Å². The van der Waals surface area contributed by atoms with Crippen LogP contribution in [0.5, 0.6) is 0 Å². The van der Waals surface area contributed by atoms with Crippen molar-refractivity contribution in [1.29, 1.82) is 0 Å². The lowest BCUT2D eigenvalue weighted by atomic mass is 10.8. The molecule has 0 heterocycles. The van der Waals surface area contributed by atoms with Gasteiger partial charge >= 0.3 is 22.7 Å². The fourth-order valence-corrected chi connectivity index (χ4v) is 0.575. The van der Waals surface area contributed by atoms with Gasteiger partial charge in [0.1, 0.15) is 6.61 Å². The van der Waals surface area contributed by atoms with Crippen LogP contribution in [-0.2, 0) is 36.1 Å². The largest absolute Gasteiger partial charge is 0.330 e. The van der Waals surface area contributed by atoms with Gasteiger partial charge in [-0.05, 0) is 0 Å². The standard InChI is InChI=1S/C2H6O7S2/c3-10(4)8-2-1-7-9-11(5)6/h1-2H2,(H,3,4)(H,5,6). The SMILES string of the molecule is O=S(O)OCCOOS(=O)O. The van der Waals surface area contributed by atoms with E-state index < -0.39 is 22.7 Å². The lowest BCUT2D eigenvalue weighted by molar-refractivity contribution is -0.206. The maximum absolute atomic E-state index is 9.78. The van der Waals surface area contributed by atoms with Crippen LogP contribution in [0.2, 0.25) is 0 Å². The van der Waals surface area contributed by atoms with E-state index in [4.69, 9.17) is 9.11 Å². The zero-order chi connectivity index (χ0) is 8.69. The van der Waals surface area contributed by atoms with Gasteiger partial charge in [-0.2, -0.15) is 8.42 Å². The van der Waals surface area contributed by atoms with Gasteiger partial charge in [-0.1, -0.05) is 0 Å². The van der Waals surface area contributed by atoms with Crippen molar-refractivity contribution in [2.45, 2.75) is 0 Å². The molecular formula is C2H6O7S2. The minimum atomic E-state index is -2.50. The first-order chi connectivity index (χ1) is 5.13. The van der Waals surface area contributed by atoms with Crippen molar-refractivity contribution in [1.82, 2.24) is 0 Å². The third kappa shape index (κ3) is 10.1. The highest BCUT2D eigenvalue weighted by molar-refractivity contribution is 7.74. The highest BCUT2D eigenvalue weighted by Gasteiger charge is 1.96. The van der Waals surface area contributed by atoms with Crippen LogP contribution in [0.25, 0.3) is 0 Å². The Labute approximate surface area is 67.5 Å². The van der Waals surface area contributed by atoms with Gasteiger partial charge in [0.25, 0.3) is 0 Å². The summed E-state index contributed by atoms with van der Waals surface area (Å²) in [5, 5.41) is 0. The highest BCUT2D eigenvalue weighted by atomic mass is 32.2. The molecule has 0 aromatic heterocycles. The van der Waals surface area contributed by atoms with Gasteiger partial charge in [0.05, 0.1) is 6.61 Å². The molecule has 0 aliphatic heterocycles. The first-order valence-electron chi connectivity index (χ1n) is 2.28. The van der Waals surface area contributed by atoms with Crippen molar-refractivity contribution in [3.8, 4) is 0 Å². The van der Waals surface area contributed by atoms with Crippen LogP contribution < -0.4 is 0 Å². The zero-order valence-corrected chi connectivity index (χ0v) is 6.80. The molecule has 0 bridgehead atoms. The second-order valence-corrected chi connectivity index (χ2v) is 2.39. The monoisotopic (exact) mass is 206 g/mol. The summed E-state index contributed by atoms with van der Waals surface area (Å²) < 4.78 is 43.2. The normalized spacial score (nSPS) is 16.2. The highest BCUT2D eigenvalue weighted by Crippen LogP contribution is 1.84. The van der Waals surface area contributed by atoms with Gasteiger partial charge in [0.2, 0.25) is 0 Å². The Balaban J connectivity index is 3.03. The van der Waals surface area contributed by atoms with Gasteiger partial charge < -0.3 is 0 Å². The molecule has 9 heteroatoms. The van der Waals surface area contributed by atoms with E-state index in [1.165, 1.54) is 0 Å². The maximum Gasteiger partial charge on any atom is 0.330 e. The van der Waals surface area contributed by atoms with Crippen LogP contribution in [0, 0.1) is 0 Å². The Morgan fingerprint density at radius 1 is 1.09 bits per heavy atom. The Morgan fingerprint density at radius 3 is 2.18 bits per heavy atom. The van der Waals surface area contributed by atoms with Crippen molar-refractivity contribution in [3.63, 3.8) is 0 Å². The van der Waals surface area contributed by atoms with Crippen molar-refractivity contribution in [2.75, 3.05) is 13.2 Å². The molecular weight excluding hydrogens is 200 g/mol. The minimum Gasteiger partial charge on any atom is -0.284 e. The quantitative estimate of drug-likeness (QED) is 0.254. The molecule has 0 saturated heterocycles. The van der Waals surface area contributed by atoms with Crippen LogP contribution >= 0.6 is 0 Å². The fourth-order valence-electron chi connectivity index (χ4n) is 0.215. The van der Waals surface area contributed by atoms with E-state index in [2.05, 4.69) is 13.4 Å². The molecule has 0 rings (SSSR count). The second-order valence-electron chi connectivity index (χ2n) is 1.15. The Kier molecular flexibility index (Phi) is 6.85. The zero-order valence-electron chi connectivity index (χ0n) is 5.17. The summed E-state index contributed by atoms with van der Waals surface area (Å²) in [5.41, 5.74) is 0. The molecule has 0 aromatic rings. The van der Waals surface area contributed by atoms with Crippen molar-refractivity contribution >= 4 is 22.7 Å². The predicted molar refractivity (Wildman–Crippen MR) is 34.5 cm³/mol. The van der Waals surface area contributed by atoms with Gasteiger partial charge in [-0.25, -0.2) is 4.89 Å². The minimum absolute atomic E-state index is 0.208. The summed E-state index contributed by atoms with van der Waals surface area (Å²) in [6, 6.07) is 0. The van der Waals surface area contributed by atoms with E-state index in [1.807, 2.05) is 0 Å². The Morgan fingerprint density at radius 2 is 1.73 bits per heavy atom. The van der Waals surface area contributed by atoms with Crippen LogP contribution in [0.15, 0.2) is 0 Å². The molecule has 2 atom stereocenters. The smallest absolute Gasteiger partial charge is 0.284 e. The molecule has 11 heavy (non-hydrogen) atoms. The second kappa shape index (κ2) is 6.79. The molecule has 0 aliphatic carbocycles. The Hall–Kier alpha value is 0.1000. The first kappa shape index (κ1) is 11.1. The van der Waals surface area contributed by atoms with Crippen molar-refractivity contribution in [2.24, 2.45) is 0 Å². The number of hydrogen-bond acceptors (Lipinski definition) is 5. The van der Waals surface area contributed by atoms with E-state index in [9.17, 15) is 8.42 Å². The van der Waals surface area contributed by atoms with Crippen LogP contribution in [-0.4, -0.2) is 30.7 Å². The van der Waals surface area contributed by atoms with Crippen molar-refractivity contribution in [3.05, 3.63) is 0 Å². The van der Waals surface area contributed by atoms with E-state index in [0.717, 1.165) is 0 Å². The molecule has 0 fully saturated rings. The molecule has 2 N–H and O–H groups in total. The maximum atomic E-state index is 9.78. The van der Waals surface area contributed by atoms with Gasteiger partial charge in [-0.3, -0.25) is 13.3 Å². The lowest BCUT2D eigenvalue weighted by Gasteiger charge is -1.97. The van der Waals surface area contributed by atoms with Gasteiger partial charge in [-0.15, -0.1) is 4.33 Å². The van der Waals surface area contributed by atoms with E-state index >= 15 is 0 Å². The number of hydrogen-bond donors (Lipinski definition) is 2. The average Bonchev–Trinajstić information content (AvgIpc) is 1.85. The molecule has 0 amide bonds. The number of rotatable bonds is 6. The molecule has 7 nitrogen and oxygen atoms in total. The van der Waals surface area contributed by atoms with Crippen LogP contribution in [0.3, 0.4) is 0 Å². The topological polar surface area (TPSA) is 102 Å². The third-order valence-electron chi connectivity index (χ3n) is 0.457. The van der Waals surface area contributed by atoms with E-state index in [-0.39, 0.29) is 13.2 Å². The summed E-state index contributed by atoms with van der Waals surface area (Å²) in [5.74, 6) is 0.